The predicted molar refractivity (Wildman–Crippen MR) is 51.4 cm³/mol. The van der Waals surface area contributed by atoms with E-state index in [2.05, 4.69) is 9.97 Å². The summed E-state index contributed by atoms with van der Waals surface area (Å²) < 4.78 is 0. The monoisotopic (exact) mass is 195 g/mol. The lowest BCUT2D eigenvalue weighted by atomic mass is 10.1. The van der Waals surface area contributed by atoms with E-state index in [-0.39, 0.29) is 6.10 Å². The first-order valence-electron chi connectivity index (χ1n) is 4.73. The van der Waals surface area contributed by atoms with Crippen LogP contribution in [0.4, 0.5) is 5.95 Å². The number of rotatable bonds is 2. The van der Waals surface area contributed by atoms with Gasteiger partial charge in [-0.25, -0.2) is 4.98 Å². The summed E-state index contributed by atoms with van der Waals surface area (Å²) in [6.45, 7) is 1.47. The molecule has 1 atom stereocenters. The average molecular weight is 195 g/mol. The van der Waals surface area contributed by atoms with Crippen molar-refractivity contribution in [1.29, 1.82) is 0 Å². The molecule has 14 heavy (non-hydrogen) atoms. The van der Waals surface area contributed by atoms with Gasteiger partial charge in [-0.05, 0) is 12.8 Å². The molecule has 5 heteroatoms. The number of aromatic nitrogens is 2. The minimum Gasteiger partial charge on any atom is -0.391 e. The van der Waals surface area contributed by atoms with E-state index in [9.17, 15) is 9.90 Å². The summed E-state index contributed by atoms with van der Waals surface area (Å²) in [6, 6.07) is 0. The van der Waals surface area contributed by atoms with Crippen LogP contribution >= 0.6 is 0 Å². The number of aliphatic hydroxyl groups is 1. The predicted octanol–water partition coefficient (Wildman–Crippen LogP) is 0.183. The molecular weight excluding hydrogens is 182 g/mol. The fourth-order valence-electron chi connectivity index (χ4n) is 1.69. The van der Waals surface area contributed by atoms with E-state index >= 15 is 0 Å². The molecule has 1 aliphatic heterocycles. The maximum absolute atomic E-state index is 10.4. The van der Waals surface area contributed by atoms with E-state index in [0.29, 0.717) is 18.2 Å². The first-order chi connectivity index (χ1) is 6.79. The number of piperidine rings is 1. The third kappa shape index (κ3) is 1.77. The number of aliphatic hydroxyl groups excluding tert-OH is 1. The number of aldehydes is 1. The van der Waals surface area contributed by atoms with Crippen molar-refractivity contribution < 1.29 is 9.90 Å². The second-order valence-electron chi connectivity index (χ2n) is 3.52. The third-order valence-electron chi connectivity index (χ3n) is 2.41. The quantitative estimate of drug-likeness (QED) is 0.661. The first-order valence-corrected chi connectivity index (χ1v) is 4.73. The minimum absolute atomic E-state index is 0.284. The lowest BCUT2D eigenvalue weighted by Crippen LogP contribution is -2.38. The van der Waals surface area contributed by atoms with E-state index in [1.165, 1.54) is 6.20 Å². The van der Waals surface area contributed by atoms with Crippen molar-refractivity contribution in [2.75, 3.05) is 18.0 Å². The van der Waals surface area contributed by atoms with Gasteiger partial charge >= 0.3 is 0 Å². The zero-order valence-corrected chi connectivity index (χ0v) is 7.81. The SMILES string of the molecule is O=Cc1cnc(N2CCCC(O)C2)[nH]1. The first kappa shape index (κ1) is 9.21. The Bertz CT molecular complexity index is 324. The molecule has 1 aliphatic rings. The Morgan fingerprint density at radius 3 is 3.21 bits per heavy atom. The second kappa shape index (κ2) is 3.79. The summed E-state index contributed by atoms with van der Waals surface area (Å²) in [5.74, 6) is 0.672. The standard InChI is InChI=1S/C9H13N3O2/c13-6-7-4-10-9(11-7)12-3-1-2-8(14)5-12/h4,6,8,14H,1-3,5H2,(H,10,11). The van der Waals surface area contributed by atoms with Crippen molar-refractivity contribution >= 4 is 12.2 Å². The molecule has 76 valence electrons. The largest absolute Gasteiger partial charge is 0.391 e. The van der Waals surface area contributed by atoms with Crippen molar-refractivity contribution in [3.05, 3.63) is 11.9 Å². The highest BCUT2D eigenvalue weighted by Gasteiger charge is 2.19. The van der Waals surface area contributed by atoms with Gasteiger partial charge in [0.05, 0.1) is 18.0 Å². The normalized spacial score (nSPS) is 22.4. The Kier molecular flexibility index (Phi) is 2.49. The highest BCUT2D eigenvalue weighted by molar-refractivity contribution is 5.72. The Morgan fingerprint density at radius 1 is 1.71 bits per heavy atom. The third-order valence-corrected chi connectivity index (χ3v) is 2.41. The van der Waals surface area contributed by atoms with Gasteiger partial charge in [-0.3, -0.25) is 4.79 Å². The van der Waals surface area contributed by atoms with Crippen LogP contribution in [0.2, 0.25) is 0 Å². The summed E-state index contributed by atoms with van der Waals surface area (Å²) in [4.78, 5) is 19.3. The lowest BCUT2D eigenvalue weighted by molar-refractivity contribution is 0.111. The van der Waals surface area contributed by atoms with Gasteiger partial charge in [-0.2, -0.15) is 0 Å². The molecule has 1 aromatic rings. The van der Waals surface area contributed by atoms with Gasteiger partial charge in [0, 0.05) is 13.1 Å². The maximum atomic E-state index is 10.4. The fraction of sp³-hybridized carbons (Fsp3) is 0.556. The molecular formula is C9H13N3O2. The summed E-state index contributed by atoms with van der Waals surface area (Å²) in [5, 5.41) is 9.45. The van der Waals surface area contributed by atoms with Gasteiger partial charge in [0.25, 0.3) is 0 Å². The molecule has 0 bridgehead atoms. The number of β-amino-alcohol motifs (C(OH)–C–C–N with tert-alkyl or cyclic N) is 1. The Labute approximate surface area is 81.8 Å². The Morgan fingerprint density at radius 2 is 2.57 bits per heavy atom. The van der Waals surface area contributed by atoms with Crippen LogP contribution < -0.4 is 4.90 Å². The van der Waals surface area contributed by atoms with Gasteiger partial charge in [-0.1, -0.05) is 0 Å². The number of anilines is 1. The molecule has 0 radical (unpaired) electrons. The molecule has 1 fully saturated rings. The molecule has 0 saturated carbocycles. The minimum atomic E-state index is -0.284. The number of hydrogen-bond acceptors (Lipinski definition) is 4. The van der Waals surface area contributed by atoms with Crippen molar-refractivity contribution in [1.82, 2.24) is 9.97 Å². The summed E-state index contributed by atoms with van der Waals surface area (Å²) in [5.41, 5.74) is 0.472. The molecule has 2 N–H and O–H groups in total. The van der Waals surface area contributed by atoms with Gasteiger partial charge in [-0.15, -0.1) is 0 Å². The van der Waals surface area contributed by atoms with Crippen LogP contribution in [0.25, 0.3) is 0 Å². The van der Waals surface area contributed by atoms with Gasteiger partial charge < -0.3 is 15.0 Å². The van der Waals surface area contributed by atoms with Crippen LogP contribution in [-0.4, -0.2) is 40.6 Å². The maximum Gasteiger partial charge on any atom is 0.203 e. The molecule has 2 rings (SSSR count). The van der Waals surface area contributed by atoms with Crippen molar-refractivity contribution in [3.63, 3.8) is 0 Å². The van der Waals surface area contributed by atoms with Crippen LogP contribution in [0.3, 0.4) is 0 Å². The Balaban J connectivity index is 2.09. The number of carbonyl (C=O) groups excluding carboxylic acids is 1. The smallest absolute Gasteiger partial charge is 0.203 e. The topological polar surface area (TPSA) is 69.2 Å². The number of nitrogens with one attached hydrogen (secondary N) is 1. The van der Waals surface area contributed by atoms with Crippen molar-refractivity contribution in [2.45, 2.75) is 18.9 Å². The van der Waals surface area contributed by atoms with Crippen LogP contribution in [0, 0.1) is 0 Å². The van der Waals surface area contributed by atoms with Crippen molar-refractivity contribution in [3.8, 4) is 0 Å². The van der Waals surface area contributed by atoms with Gasteiger partial charge in [0.1, 0.15) is 0 Å². The van der Waals surface area contributed by atoms with Crippen LogP contribution in [-0.2, 0) is 0 Å². The molecule has 2 heterocycles. The second-order valence-corrected chi connectivity index (χ2v) is 3.52. The Hall–Kier alpha value is -1.36. The van der Waals surface area contributed by atoms with Crippen LogP contribution in [0.1, 0.15) is 23.3 Å². The highest BCUT2D eigenvalue weighted by atomic mass is 16.3. The molecule has 1 aromatic heterocycles. The molecule has 0 amide bonds. The molecule has 0 aromatic carbocycles. The van der Waals surface area contributed by atoms with E-state index in [1.54, 1.807) is 0 Å². The number of carbonyl (C=O) groups is 1. The van der Waals surface area contributed by atoms with Gasteiger partial charge in [0.15, 0.2) is 6.29 Å². The number of aromatic amines is 1. The molecule has 5 nitrogen and oxygen atoms in total. The summed E-state index contributed by atoms with van der Waals surface area (Å²) in [7, 11) is 0. The average Bonchev–Trinajstić information content (AvgIpc) is 2.66. The fourth-order valence-corrected chi connectivity index (χ4v) is 1.69. The number of hydrogen-bond donors (Lipinski definition) is 2. The van der Waals surface area contributed by atoms with Gasteiger partial charge in [0.2, 0.25) is 5.95 Å². The number of imidazole rings is 1. The number of H-pyrrole nitrogens is 1. The molecule has 1 unspecified atom stereocenters. The molecule has 0 spiro atoms. The molecule has 1 saturated heterocycles. The summed E-state index contributed by atoms with van der Waals surface area (Å²) >= 11 is 0. The van der Waals surface area contributed by atoms with E-state index in [4.69, 9.17) is 0 Å². The van der Waals surface area contributed by atoms with E-state index in [0.717, 1.165) is 25.7 Å². The molecule has 0 aliphatic carbocycles. The highest BCUT2D eigenvalue weighted by Crippen LogP contribution is 2.16. The van der Waals surface area contributed by atoms with E-state index in [1.807, 2.05) is 4.90 Å². The van der Waals surface area contributed by atoms with Crippen molar-refractivity contribution in [2.24, 2.45) is 0 Å². The summed E-state index contributed by atoms with van der Waals surface area (Å²) in [6.07, 6.45) is 3.75. The zero-order chi connectivity index (χ0) is 9.97. The van der Waals surface area contributed by atoms with Crippen LogP contribution in [0.5, 0.6) is 0 Å². The van der Waals surface area contributed by atoms with Crippen LogP contribution in [0.15, 0.2) is 6.20 Å². The van der Waals surface area contributed by atoms with E-state index < -0.39 is 0 Å². The zero-order valence-electron chi connectivity index (χ0n) is 7.81. The number of nitrogens with zero attached hydrogens (tertiary/aromatic N) is 2. The lowest BCUT2D eigenvalue weighted by Gasteiger charge is -2.29.